The minimum absolute atomic E-state index is 1.08. The van der Waals surface area contributed by atoms with E-state index in [1.54, 1.807) is 0 Å². The summed E-state index contributed by atoms with van der Waals surface area (Å²) in [5.41, 5.74) is 15.2. The first-order chi connectivity index (χ1) is 31.7. The molecule has 300 valence electrons. The summed E-state index contributed by atoms with van der Waals surface area (Å²) in [6, 6.07) is 91.0. The molecule has 0 atom stereocenters. The average molecular weight is 832 g/mol. The van der Waals surface area contributed by atoms with Gasteiger partial charge in [-0.2, -0.15) is 0 Å². The second kappa shape index (κ2) is 16.0. The van der Waals surface area contributed by atoms with E-state index in [-0.39, 0.29) is 0 Å². The molecule has 0 amide bonds. The highest BCUT2D eigenvalue weighted by Gasteiger charge is 2.23. The number of nitrogens with zero attached hydrogens (tertiary/aromatic N) is 1. The van der Waals surface area contributed by atoms with Crippen molar-refractivity contribution in [2.45, 2.75) is 0 Å². The molecule has 0 saturated carbocycles. The van der Waals surface area contributed by atoms with Crippen LogP contribution < -0.4 is 4.90 Å². The summed E-state index contributed by atoms with van der Waals surface area (Å²) in [6.07, 6.45) is 0. The van der Waals surface area contributed by atoms with Crippen molar-refractivity contribution in [2.24, 2.45) is 0 Å². The highest BCUT2D eigenvalue weighted by Crippen LogP contribution is 2.49. The Kier molecular flexibility index (Phi) is 9.43. The Morgan fingerprint density at radius 2 is 0.766 bits per heavy atom. The van der Waals surface area contributed by atoms with Crippen molar-refractivity contribution in [3.63, 3.8) is 0 Å². The maximum Gasteiger partial charge on any atom is 0.0546 e. The van der Waals surface area contributed by atoms with E-state index in [1.807, 2.05) is 11.3 Å². The first-order valence-corrected chi connectivity index (χ1v) is 22.7. The molecule has 11 aromatic carbocycles. The Morgan fingerprint density at radius 3 is 1.45 bits per heavy atom. The molecule has 2 heteroatoms. The lowest BCUT2D eigenvalue weighted by molar-refractivity contribution is 1.28. The SMILES string of the molecule is c1ccc(-c2ccc(-c3c(-c4cc5ccccc5c5ccccc45)cccc3N(c3ccc(-c4ccccc4)cc3)c3ccc(-c4cccc5c4sc4ccccc45)cc3)cc2)cc1. The minimum atomic E-state index is 1.08. The molecule has 0 N–H and O–H groups in total. The van der Waals surface area contributed by atoms with Gasteiger partial charge in [0.25, 0.3) is 0 Å². The highest BCUT2D eigenvalue weighted by atomic mass is 32.1. The van der Waals surface area contributed by atoms with Crippen molar-refractivity contribution in [1.82, 2.24) is 0 Å². The molecule has 0 aliphatic rings. The summed E-state index contributed by atoms with van der Waals surface area (Å²) in [7, 11) is 0. The van der Waals surface area contributed by atoms with E-state index in [0.29, 0.717) is 0 Å². The van der Waals surface area contributed by atoms with Crippen molar-refractivity contribution >= 4 is 70.1 Å². The first-order valence-electron chi connectivity index (χ1n) is 21.9. The van der Waals surface area contributed by atoms with Crippen molar-refractivity contribution in [3.8, 4) is 55.6 Å². The second-order valence-corrected chi connectivity index (χ2v) is 17.5. The van der Waals surface area contributed by atoms with Crippen molar-refractivity contribution in [2.75, 3.05) is 4.90 Å². The van der Waals surface area contributed by atoms with E-state index in [9.17, 15) is 0 Å². The molecular formula is C62H41NS. The molecule has 64 heavy (non-hydrogen) atoms. The van der Waals surface area contributed by atoms with Gasteiger partial charge in [0, 0.05) is 37.1 Å². The zero-order chi connectivity index (χ0) is 42.4. The normalized spacial score (nSPS) is 11.4. The Hall–Kier alpha value is -8.04. The van der Waals surface area contributed by atoms with E-state index in [0.717, 1.165) is 22.6 Å². The molecule has 12 aromatic rings. The number of hydrogen-bond acceptors (Lipinski definition) is 2. The summed E-state index contributed by atoms with van der Waals surface area (Å²) < 4.78 is 2.64. The molecule has 1 aromatic heterocycles. The Bertz CT molecular complexity index is 3630. The van der Waals surface area contributed by atoms with Gasteiger partial charge in [0.2, 0.25) is 0 Å². The lowest BCUT2D eigenvalue weighted by atomic mass is 9.87. The molecule has 0 bridgehead atoms. The van der Waals surface area contributed by atoms with Crippen LogP contribution in [0, 0.1) is 0 Å². The predicted octanol–water partition coefficient (Wildman–Crippen LogP) is 18.2. The molecule has 0 aliphatic carbocycles. The fourth-order valence-electron chi connectivity index (χ4n) is 9.62. The van der Waals surface area contributed by atoms with E-state index in [1.165, 1.54) is 91.8 Å². The summed E-state index contributed by atoms with van der Waals surface area (Å²) >= 11 is 1.88. The zero-order valence-electron chi connectivity index (χ0n) is 35.0. The molecule has 0 unspecified atom stereocenters. The standard InChI is InChI=1S/C62H41NS/c1-3-15-42(16-4-1)44-29-31-47(32-30-44)61-56(58-41-48-19-7-8-20-51(48)53-21-9-10-22-54(53)58)25-14-27-59(61)63(49-37-33-45(34-38-49)43-17-5-2-6-18-43)50-39-35-46(36-40-50)52-24-13-26-57-55-23-11-12-28-60(55)64-62(52)57/h1-41H. The quantitative estimate of drug-likeness (QED) is 0.138. The monoisotopic (exact) mass is 831 g/mol. The Balaban J connectivity index is 1.08. The fourth-order valence-corrected chi connectivity index (χ4v) is 10.9. The molecule has 1 heterocycles. The number of anilines is 3. The van der Waals surface area contributed by atoms with Crippen LogP contribution in [-0.2, 0) is 0 Å². The lowest BCUT2D eigenvalue weighted by Gasteiger charge is -2.30. The van der Waals surface area contributed by atoms with Gasteiger partial charge in [0.15, 0.2) is 0 Å². The zero-order valence-corrected chi connectivity index (χ0v) is 35.8. The summed E-state index contributed by atoms with van der Waals surface area (Å²) in [4.78, 5) is 2.45. The number of thiophene rings is 1. The van der Waals surface area contributed by atoms with Crippen molar-refractivity contribution in [3.05, 3.63) is 249 Å². The van der Waals surface area contributed by atoms with Crippen molar-refractivity contribution in [1.29, 1.82) is 0 Å². The Morgan fingerprint density at radius 1 is 0.281 bits per heavy atom. The van der Waals surface area contributed by atoms with E-state index in [2.05, 4.69) is 254 Å². The number of fused-ring (bicyclic) bond motifs is 6. The van der Waals surface area contributed by atoms with Gasteiger partial charge in [-0.3, -0.25) is 0 Å². The minimum Gasteiger partial charge on any atom is -0.310 e. The third kappa shape index (κ3) is 6.64. The van der Waals surface area contributed by atoms with Crippen LogP contribution in [0.3, 0.4) is 0 Å². The molecular weight excluding hydrogens is 791 g/mol. The smallest absolute Gasteiger partial charge is 0.0546 e. The first kappa shape index (κ1) is 37.7. The van der Waals surface area contributed by atoms with E-state index in [4.69, 9.17) is 0 Å². The van der Waals surface area contributed by atoms with Crippen LogP contribution in [0.4, 0.5) is 17.1 Å². The van der Waals surface area contributed by atoms with Gasteiger partial charge in [-0.05, 0) is 114 Å². The molecule has 1 nitrogen and oxygen atoms in total. The summed E-state index contributed by atoms with van der Waals surface area (Å²) in [5.74, 6) is 0. The van der Waals surface area contributed by atoms with Gasteiger partial charge >= 0.3 is 0 Å². The summed E-state index contributed by atoms with van der Waals surface area (Å²) in [5, 5.41) is 7.60. The molecule has 0 saturated heterocycles. The molecule has 0 aliphatic heterocycles. The van der Waals surface area contributed by atoms with E-state index >= 15 is 0 Å². The third-order valence-corrected chi connectivity index (χ3v) is 13.9. The molecule has 0 spiro atoms. The lowest BCUT2D eigenvalue weighted by Crippen LogP contribution is -2.12. The third-order valence-electron chi connectivity index (χ3n) is 12.7. The number of benzene rings is 11. The van der Waals surface area contributed by atoms with Gasteiger partial charge in [0.05, 0.1) is 5.69 Å². The highest BCUT2D eigenvalue weighted by molar-refractivity contribution is 7.26. The van der Waals surface area contributed by atoms with Crippen LogP contribution in [0.15, 0.2) is 249 Å². The molecule has 0 fully saturated rings. The maximum absolute atomic E-state index is 2.45. The Labute approximate surface area is 377 Å². The average Bonchev–Trinajstić information content (AvgIpc) is 3.76. The van der Waals surface area contributed by atoms with Gasteiger partial charge < -0.3 is 4.90 Å². The van der Waals surface area contributed by atoms with Crippen LogP contribution in [0.5, 0.6) is 0 Å². The van der Waals surface area contributed by atoms with Crippen LogP contribution >= 0.6 is 11.3 Å². The predicted molar refractivity (Wildman–Crippen MR) is 276 cm³/mol. The number of hydrogen-bond donors (Lipinski definition) is 0. The number of rotatable bonds is 8. The summed E-state index contributed by atoms with van der Waals surface area (Å²) in [6.45, 7) is 0. The van der Waals surface area contributed by atoms with Crippen LogP contribution in [0.25, 0.3) is 97.4 Å². The van der Waals surface area contributed by atoms with Crippen LogP contribution in [0.1, 0.15) is 0 Å². The van der Waals surface area contributed by atoms with Gasteiger partial charge in [-0.1, -0.05) is 206 Å². The van der Waals surface area contributed by atoms with Gasteiger partial charge in [-0.15, -0.1) is 11.3 Å². The molecule has 12 rings (SSSR count). The van der Waals surface area contributed by atoms with Gasteiger partial charge in [-0.25, -0.2) is 0 Å². The van der Waals surface area contributed by atoms with Crippen molar-refractivity contribution < 1.29 is 0 Å². The maximum atomic E-state index is 2.45. The topological polar surface area (TPSA) is 3.24 Å². The molecule has 0 radical (unpaired) electrons. The largest absolute Gasteiger partial charge is 0.310 e. The van der Waals surface area contributed by atoms with Crippen LogP contribution in [0.2, 0.25) is 0 Å². The second-order valence-electron chi connectivity index (χ2n) is 16.4. The fraction of sp³-hybridized carbons (Fsp3) is 0. The van der Waals surface area contributed by atoms with Crippen LogP contribution in [-0.4, -0.2) is 0 Å². The van der Waals surface area contributed by atoms with Gasteiger partial charge in [0.1, 0.15) is 0 Å². The van der Waals surface area contributed by atoms with E-state index < -0.39 is 0 Å².